The highest BCUT2D eigenvalue weighted by molar-refractivity contribution is 7.14. The van der Waals surface area contributed by atoms with Crippen LogP contribution in [0.5, 0.6) is 5.75 Å². The number of nitrogens with one attached hydrogen (secondary N) is 2. The molecule has 5 rings (SSSR count). The molecule has 2 aromatic carbocycles. The second kappa shape index (κ2) is 17.8. The zero-order chi connectivity index (χ0) is 37.1. The molecule has 0 aliphatic carbocycles. The van der Waals surface area contributed by atoms with Crippen LogP contribution in [0.3, 0.4) is 0 Å². The molecule has 0 saturated heterocycles. The summed E-state index contributed by atoms with van der Waals surface area (Å²) in [6.45, 7) is 9.11. The number of hydrogen-bond donors (Lipinski definition) is 3. The van der Waals surface area contributed by atoms with Crippen LogP contribution < -0.4 is 15.4 Å². The first-order chi connectivity index (χ1) is 25.0. The Bertz CT molecular complexity index is 1900. The van der Waals surface area contributed by atoms with Gasteiger partial charge < -0.3 is 24.9 Å². The van der Waals surface area contributed by atoms with E-state index in [-0.39, 0.29) is 17.6 Å². The molecule has 0 saturated carbocycles. The van der Waals surface area contributed by atoms with Gasteiger partial charge in [0, 0.05) is 34.8 Å². The molecular formula is C41H46N4O6S. The van der Waals surface area contributed by atoms with Crippen LogP contribution in [0.2, 0.25) is 0 Å². The summed E-state index contributed by atoms with van der Waals surface area (Å²) in [7, 11) is 0. The van der Waals surface area contributed by atoms with Crippen molar-refractivity contribution in [2.45, 2.75) is 83.7 Å². The van der Waals surface area contributed by atoms with Gasteiger partial charge in [0.15, 0.2) is 11.9 Å². The first-order valence-electron chi connectivity index (χ1n) is 17.6. The van der Waals surface area contributed by atoms with E-state index in [1.807, 2.05) is 54.6 Å². The van der Waals surface area contributed by atoms with E-state index in [0.717, 1.165) is 39.3 Å². The van der Waals surface area contributed by atoms with E-state index in [2.05, 4.69) is 48.3 Å². The lowest BCUT2D eigenvalue weighted by Gasteiger charge is -2.21. The van der Waals surface area contributed by atoms with Crippen LogP contribution in [0.4, 0.5) is 0 Å². The van der Waals surface area contributed by atoms with Gasteiger partial charge >= 0.3 is 5.97 Å². The number of aromatic nitrogens is 2. The molecule has 0 aliphatic rings. The zero-order valence-electron chi connectivity index (χ0n) is 30.1. The number of carboxylic acid groups (broad SMARTS) is 1. The zero-order valence-corrected chi connectivity index (χ0v) is 30.9. The smallest absolute Gasteiger partial charge is 0.334 e. The fourth-order valence-electron chi connectivity index (χ4n) is 5.55. The number of carbonyl (C=O) groups excluding carboxylic acids is 2. The second-order valence-corrected chi connectivity index (χ2v) is 14.8. The van der Waals surface area contributed by atoms with Crippen LogP contribution >= 0.6 is 11.3 Å². The average molecular weight is 723 g/mol. The number of rotatable bonds is 17. The van der Waals surface area contributed by atoms with Gasteiger partial charge in [0.2, 0.25) is 5.91 Å². The van der Waals surface area contributed by atoms with Gasteiger partial charge in [-0.25, -0.2) is 14.8 Å². The Morgan fingerprint density at radius 2 is 1.54 bits per heavy atom. The van der Waals surface area contributed by atoms with Gasteiger partial charge in [-0.2, -0.15) is 0 Å². The molecule has 10 nitrogen and oxygen atoms in total. The molecule has 3 heterocycles. The van der Waals surface area contributed by atoms with Crippen LogP contribution in [0, 0.1) is 0 Å². The molecule has 0 bridgehead atoms. The van der Waals surface area contributed by atoms with Crippen molar-refractivity contribution >= 4 is 29.1 Å². The highest BCUT2D eigenvalue weighted by atomic mass is 32.1. The molecule has 5 aromatic rings. The summed E-state index contributed by atoms with van der Waals surface area (Å²) >= 11 is 1.36. The summed E-state index contributed by atoms with van der Waals surface area (Å²) in [6, 6.07) is 19.5. The molecule has 1 unspecified atom stereocenters. The average Bonchev–Trinajstić information content (AvgIpc) is 3.86. The van der Waals surface area contributed by atoms with Crippen molar-refractivity contribution in [2.24, 2.45) is 0 Å². The number of furan rings is 1. The molecule has 3 aromatic heterocycles. The molecule has 2 atom stereocenters. The maximum atomic E-state index is 13.6. The predicted molar refractivity (Wildman–Crippen MR) is 202 cm³/mol. The normalized spacial score (nSPS) is 12.5. The van der Waals surface area contributed by atoms with E-state index in [0.29, 0.717) is 17.3 Å². The summed E-state index contributed by atoms with van der Waals surface area (Å²) in [5.74, 6) is -0.909. The van der Waals surface area contributed by atoms with E-state index in [4.69, 9.17) is 9.15 Å². The molecule has 0 aliphatic heterocycles. The Morgan fingerprint density at radius 1 is 0.846 bits per heavy atom. The van der Waals surface area contributed by atoms with Crippen LogP contribution in [0.1, 0.15) is 91.7 Å². The Labute approximate surface area is 308 Å². The van der Waals surface area contributed by atoms with Crippen molar-refractivity contribution in [3.8, 4) is 28.3 Å². The molecule has 0 fully saturated rings. The molecule has 0 radical (unpaired) electrons. The van der Waals surface area contributed by atoms with Gasteiger partial charge in [-0.1, -0.05) is 89.8 Å². The summed E-state index contributed by atoms with van der Waals surface area (Å²) in [4.78, 5) is 49.6. The third-order valence-corrected chi connectivity index (χ3v) is 10.1. The van der Waals surface area contributed by atoms with E-state index < -0.39 is 29.9 Å². The summed E-state index contributed by atoms with van der Waals surface area (Å²) in [6.07, 6.45) is 11.0. The lowest BCUT2D eigenvalue weighted by molar-refractivity contribution is -0.142. The minimum Gasteiger partial charge on any atom is -0.494 e. The Morgan fingerprint density at radius 3 is 2.15 bits per heavy atom. The molecule has 2 amide bonds. The van der Waals surface area contributed by atoms with Crippen molar-refractivity contribution in [3.05, 3.63) is 113 Å². The highest BCUT2D eigenvalue weighted by Gasteiger charge is 2.30. The number of carbonyl (C=O) groups is 3. The van der Waals surface area contributed by atoms with Crippen molar-refractivity contribution in [3.63, 3.8) is 0 Å². The third kappa shape index (κ3) is 10.4. The van der Waals surface area contributed by atoms with Crippen molar-refractivity contribution in [2.75, 3.05) is 6.61 Å². The van der Waals surface area contributed by atoms with Gasteiger partial charge in [-0.05, 0) is 59.4 Å². The predicted octanol–water partition coefficient (Wildman–Crippen LogP) is 8.40. The maximum absolute atomic E-state index is 13.6. The number of aliphatic carboxylic acids is 1. The number of thiophene rings is 1. The van der Waals surface area contributed by atoms with Gasteiger partial charge in [0.1, 0.15) is 17.6 Å². The number of benzene rings is 2. The fraction of sp³-hybridized carbons (Fsp3) is 0.341. The van der Waals surface area contributed by atoms with Gasteiger partial charge in [-0.3, -0.25) is 9.59 Å². The van der Waals surface area contributed by atoms with Gasteiger partial charge in [0.05, 0.1) is 17.7 Å². The standard InChI is InChI=1S/C41H46N4O6S/c1-5-6-7-8-9-22-50-31-18-16-28(17-19-31)30-25-42-37(43-26-30)29-14-12-27(13-15-29)24-32(38(46)45-36(40(48)49)33-11-10-23-51-33)44-39(47)34-20-21-35(52-34)41(2,3)4/h10-21,23,25-26,32,36H,5-9,22,24H2,1-4H3,(H,44,47)(H,45,46)(H,48,49)/t32-,36?/m0/s1. The molecular weight excluding hydrogens is 677 g/mol. The number of hydrogen-bond acceptors (Lipinski definition) is 8. The van der Waals surface area contributed by atoms with Crippen LogP contribution in [-0.4, -0.2) is 45.5 Å². The van der Waals surface area contributed by atoms with E-state index >= 15 is 0 Å². The molecule has 0 spiro atoms. The lowest BCUT2D eigenvalue weighted by atomic mass is 9.95. The Kier molecular flexibility index (Phi) is 13.0. The van der Waals surface area contributed by atoms with Crippen molar-refractivity contribution < 1.29 is 28.6 Å². The number of amides is 2. The van der Waals surface area contributed by atoms with Crippen molar-refractivity contribution in [1.82, 2.24) is 20.6 Å². The van der Waals surface area contributed by atoms with Gasteiger partial charge in [-0.15, -0.1) is 11.3 Å². The molecule has 52 heavy (non-hydrogen) atoms. The third-order valence-electron chi connectivity index (χ3n) is 8.56. The quantitative estimate of drug-likeness (QED) is 0.0812. The fourth-order valence-corrected chi connectivity index (χ4v) is 6.51. The summed E-state index contributed by atoms with van der Waals surface area (Å²) in [5.41, 5.74) is 3.25. The minimum absolute atomic E-state index is 0.0731. The van der Waals surface area contributed by atoms with E-state index in [1.165, 1.54) is 49.3 Å². The molecule has 11 heteroatoms. The van der Waals surface area contributed by atoms with Crippen LogP contribution in [0.25, 0.3) is 22.5 Å². The van der Waals surface area contributed by atoms with Crippen LogP contribution in [-0.2, 0) is 21.4 Å². The number of carboxylic acids is 1. The highest BCUT2D eigenvalue weighted by Crippen LogP contribution is 2.30. The lowest BCUT2D eigenvalue weighted by Crippen LogP contribution is -2.49. The van der Waals surface area contributed by atoms with E-state index in [1.54, 1.807) is 24.5 Å². The van der Waals surface area contributed by atoms with Gasteiger partial charge in [0.25, 0.3) is 5.91 Å². The molecule has 3 N–H and O–H groups in total. The molecule has 272 valence electrons. The topological polar surface area (TPSA) is 144 Å². The first kappa shape index (κ1) is 38.0. The monoisotopic (exact) mass is 722 g/mol. The van der Waals surface area contributed by atoms with Crippen LogP contribution in [0.15, 0.2) is 95.9 Å². The SMILES string of the molecule is CCCCCCCOc1ccc(-c2cnc(-c3ccc(C[C@H](NC(=O)c4ccc(C(C)(C)C)s4)C(=O)NC(C(=O)O)c4ccco4)cc3)nc2)cc1. The number of nitrogens with zero attached hydrogens (tertiary/aromatic N) is 2. The number of ether oxygens (including phenoxy) is 1. The summed E-state index contributed by atoms with van der Waals surface area (Å²) in [5, 5.41) is 15.2. The Hall–Kier alpha value is -5.29. The maximum Gasteiger partial charge on any atom is 0.334 e. The Balaban J connectivity index is 1.25. The minimum atomic E-state index is -1.42. The number of unbranched alkanes of at least 4 members (excludes halogenated alkanes) is 4. The largest absolute Gasteiger partial charge is 0.494 e. The first-order valence-corrected chi connectivity index (χ1v) is 18.5. The van der Waals surface area contributed by atoms with Crippen molar-refractivity contribution in [1.29, 1.82) is 0 Å². The summed E-state index contributed by atoms with van der Waals surface area (Å²) < 4.78 is 11.2. The van der Waals surface area contributed by atoms with E-state index in [9.17, 15) is 19.5 Å². The second-order valence-electron chi connectivity index (χ2n) is 13.7.